The van der Waals surface area contributed by atoms with Gasteiger partial charge in [-0.15, -0.1) is 12.3 Å². The minimum atomic E-state index is -0.319. The van der Waals surface area contributed by atoms with Gasteiger partial charge >= 0.3 is 5.97 Å². The van der Waals surface area contributed by atoms with E-state index in [9.17, 15) is 4.79 Å². The molecule has 0 spiro atoms. The lowest BCUT2D eigenvalue weighted by atomic mass is 10.1. The number of benzene rings is 1. The number of carbonyl (C=O) groups excluding carboxylic acids is 1. The maximum Gasteiger partial charge on any atom is 0.338 e. The fourth-order valence-corrected chi connectivity index (χ4v) is 0.976. The van der Waals surface area contributed by atoms with E-state index in [2.05, 4.69) is 5.92 Å². The van der Waals surface area contributed by atoms with Crippen molar-refractivity contribution in [2.24, 2.45) is 0 Å². The Kier molecular flexibility index (Phi) is 3.75. The summed E-state index contributed by atoms with van der Waals surface area (Å²) in [6.07, 6.45) is 5.49. The maximum atomic E-state index is 11.3. The van der Waals surface area contributed by atoms with E-state index in [0.717, 1.165) is 5.56 Å². The minimum absolute atomic E-state index is 0.281. The van der Waals surface area contributed by atoms with Crippen molar-refractivity contribution in [1.29, 1.82) is 0 Å². The first-order valence-electron chi connectivity index (χ1n) is 4.41. The predicted molar refractivity (Wildman–Crippen MR) is 54.9 cm³/mol. The van der Waals surface area contributed by atoms with Gasteiger partial charge in [0.05, 0.1) is 5.56 Å². The van der Waals surface area contributed by atoms with Crippen molar-refractivity contribution in [3.8, 4) is 12.3 Å². The van der Waals surface area contributed by atoms with E-state index in [1.54, 1.807) is 12.1 Å². The Hall–Kier alpha value is -1.75. The molecular weight excluding hydrogens is 176 g/mol. The summed E-state index contributed by atoms with van der Waals surface area (Å²) in [5, 5.41) is 0. The molecule has 0 heterocycles. The molecule has 0 aliphatic heterocycles. The number of carbonyl (C=O) groups is 1. The zero-order valence-electron chi connectivity index (χ0n) is 8.12. The van der Waals surface area contributed by atoms with Crippen molar-refractivity contribution in [1.82, 2.24) is 0 Å². The van der Waals surface area contributed by atoms with Crippen molar-refractivity contribution in [2.45, 2.75) is 13.3 Å². The molecule has 2 heteroatoms. The Morgan fingerprint density at radius 3 is 2.64 bits per heavy atom. The van der Waals surface area contributed by atoms with E-state index in [1.807, 2.05) is 19.1 Å². The van der Waals surface area contributed by atoms with Crippen LogP contribution in [-0.2, 0) is 4.74 Å². The molecule has 1 aromatic carbocycles. The summed E-state index contributed by atoms with van der Waals surface area (Å²) in [7, 11) is 0. The number of rotatable bonds is 3. The Labute approximate surface area is 83.9 Å². The van der Waals surface area contributed by atoms with Crippen molar-refractivity contribution in [3.63, 3.8) is 0 Å². The highest BCUT2D eigenvalue weighted by molar-refractivity contribution is 5.89. The smallest absolute Gasteiger partial charge is 0.338 e. The molecule has 0 atom stereocenters. The number of aryl methyl sites for hydroxylation is 1. The Morgan fingerprint density at radius 2 is 2.07 bits per heavy atom. The van der Waals surface area contributed by atoms with Crippen LogP contribution in [0.5, 0.6) is 0 Å². The van der Waals surface area contributed by atoms with Gasteiger partial charge in [0.15, 0.2) is 0 Å². The third-order valence-electron chi connectivity index (χ3n) is 1.77. The summed E-state index contributed by atoms with van der Waals surface area (Å²) in [6, 6.07) is 7.23. The SMILES string of the molecule is C#CCCOC(=O)c1ccc(C)cc1. The van der Waals surface area contributed by atoms with Gasteiger partial charge in [0.25, 0.3) is 0 Å². The Bertz CT molecular complexity index is 344. The van der Waals surface area contributed by atoms with E-state index in [4.69, 9.17) is 11.2 Å². The van der Waals surface area contributed by atoms with Crippen LogP contribution >= 0.6 is 0 Å². The Morgan fingerprint density at radius 1 is 1.43 bits per heavy atom. The molecular formula is C12H12O2. The molecule has 0 aliphatic rings. The molecule has 0 bridgehead atoms. The quantitative estimate of drug-likeness (QED) is 0.413. The molecule has 0 unspecified atom stereocenters. The van der Waals surface area contributed by atoms with Gasteiger partial charge in [0.1, 0.15) is 6.61 Å². The van der Waals surface area contributed by atoms with Gasteiger partial charge in [-0.25, -0.2) is 4.79 Å². The van der Waals surface area contributed by atoms with Crippen LogP contribution in [0.4, 0.5) is 0 Å². The summed E-state index contributed by atoms with van der Waals surface area (Å²) in [6.45, 7) is 2.25. The second kappa shape index (κ2) is 5.08. The molecule has 0 aliphatic carbocycles. The summed E-state index contributed by atoms with van der Waals surface area (Å²) < 4.78 is 4.93. The standard InChI is InChI=1S/C12H12O2/c1-3-4-9-14-12(13)11-7-5-10(2)6-8-11/h1,5-8H,4,9H2,2H3. The van der Waals surface area contributed by atoms with Crippen LogP contribution < -0.4 is 0 Å². The van der Waals surface area contributed by atoms with Crippen LogP contribution in [0.2, 0.25) is 0 Å². The van der Waals surface area contributed by atoms with Crippen LogP contribution in [0, 0.1) is 19.3 Å². The summed E-state index contributed by atoms with van der Waals surface area (Å²) in [5.41, 5.74) is 1.68. The third-order valence-corrected chi connectivity index (χ3v) is 1.77. The van der Waals surface area contributed by atoms with Gasteiger partial charge in [-0.3, -0.25) is 0 Å². The van der Waals surface area contributed by atoms with E-state index >= 15 is 0 Å². The van der Waals surface area contributed by atoms with Gasteiger partial charge in [-0.2, -0.15) is 0 Å². The predicted octanol–water partition coefficient (Wildman–Crippen LogP) is 2.18. The lowest BCUT2D eigenvalue weighted by Gasteiger charge is -2.02. The van der Waals surface area contributed by atoms with Crippen LogP contribution in [0.15, 0.2) is 24.3 Å². The highest BCUT2D eigenvalue weighted by Crippen LogP contribution is 2.04. The van der Waals surface area contributed by atoms with Crippen molar-refractivity contribution in [2.75, 3.05) is 6.61 Å². The average Bonchev–Trinajstić information content (AvgIpc) is 2.19. The second-order valence-corrected chi connectivity index (χ2v) is 2.96. The fraction of sp³-hybridized carbons (Fsp3) is 0.250. The Balaban J connectivity index is 2.53. The molecule has 0 radical (unpaired) electrons. The fourth-order valence-electron chi connectivity index (χ4n) is 0.976. The maximum absolute atomic E-state index is 11.3. The molecule has 0 fully saturated rings. The average molecular weight is 188 g/mol. The molecule has 0 saturated carbocycles. The van der Waals surface area contributed by atoms with Crippen LogP contribution in [-0.4, -0.2) is 12.6 Å². The zero-order chi connectivity index (χ0) is 10.4. The first-order chi connectivity index (χ1) is 6.74. The molecule has 1 aromatic rings. The lowest BCUT2D eigenvalue weighted by Crippen LogP contribution is -2.05. The largest absolute Gasteiger partial charge is 0.461 e. The molecule has 0 saturated heterocycles. The van der Waals surface area contributed by atoms with Crippen LogP contribution in [0.1, 0.15) is 22.3 Å². The molecule has 2 nitrogen and oxygen atoms in total. The molecule has 0 amide bonds. The van der Waals surface area contributed by atoms with Crippen molar-refractivity contribution >= 4 is 5.97 Å². The van der Waals surface area contributed by atoms with E-state index in [0.29, 0.717) is 12.0 Å². The molecule has 1 rings (SSSR count). The zero-order valence-corrected chi connectivity index (χ0v) is 8.12. The van der Waals surface area contributed by atoms with Crippen LogP contribution in [0.3, 0.4) is 0 Å². The third kappa shape index (κ3) is 2.95. The number of hydrogen-bond donors (Lipinski definition) is 0. The first kappa shape index (κ1) is 10.3. The molecule has 72 valence electrons. The first-order valence-corrected chi connectivity index (χ1v) is 4.41. The monoisotopic (exact) mass is 188 g/mol. The summed E-state index contributed by atoms with van der Waals surface area (Å²) >= 11 is 0. The second-order valence-electron chi connectivity index (χ2n) is 2.96. The van der Waals surface area contributed by atoms with Gasteiger partial charge in [-0.1, -0.05) is 17.7 Å². The number of hydrogen-bond acceptors (Lipinski definition) is 2. The summed E-state index contributed by atoms with van der Waals surface area (Å²) in [5.74, 6) is 2.09. The normalized spacial score (nSPS) is 9.14. The van der Waals surface area contributed by atoms with E-state index in [-0.39, 0.29) is 12.6 Å². The molecule has 0 aromatic heterocycles. The van der Waals surface area contributed by atoms with Gasteiger partial charge in [0.2, 0.25) is 0 Å². The molecule has 0 N–H and O–H groups in total. The lowest BCUT2D eigenvalue weighted by molar-refractivity contribution is 0.0514. The van der Waals surface area contributed by atoms with Gasteiger partial charge in [0, 0.05) is 6.42 Å². The number of esters is 1. The highest BCUT2D eigenvalue weighted by Gasteiger charge is 2.04. The van der Waals surface area contributed by atoms with Gasteiger partial charge in [-0.05, 0) is 19.1 Å². The minimum Gasteiger partial charge on any atom is -0.461 e. The van der Waals surface area contributed by atoms with Crippen molar-refractivity contribution in [3.05, 3.63) is 35.4 Å². The topological polar surface area (TPSA) is 26.3 Å². The van der Waals surface area contributed by atoms with Crippen LogP contribution in [0.25, 0.3) is 0 Å². The highest BCUT2D eigenvalue weighted by atomic mass is 16.5. The number of terminal acetylenes is 1. The van der Waals surface area contributed by atoms with E-state index in [1.165, 1.54) is 0 Å². The number of ether oxygens (including phenoxy) is 1. The van der Waals surface area contributed by atoms with Gasteiger partial charge < -0.3 is 4.74 Å². The van der Waals surface area contributed by atoms with E-state index < -0.39 is 0 Å². The summed E-state index contributed by atoms with van der Waals surface area (Å²) in [4.78, 5) is 11.3. The molecule has 14 heavy (non-hydrogen) atoms. The van der Waals surface area contributed by atoms with Crippen molar-refractivity contribution < 1.29 is 9.53 Å².